The predicted molar refractivity (Wildman–Crippen MR) is 97.6 cm³/mol. The lowest BCUT2D eigenvalue weighted by Gasteiger charge is -2.19. The first-order valence-electron chi connectivity index (χ1n) is 8.24. The minimum Gasteiger partial charge on any atom is -0.463 e. The van der Waals surface area contributed by atoms with E-state index in [0.29, 0.717) is 0 Å². The van der Waals surface area contributed by atoms with Crippen LogP contribution in [0.5, 0.6) is 0 Å². The molecule has 2 aromatic carbocycles. The highest BCUT2D eigenvalue weighted by Crippen LogP contribution is 2.35. The van der Waals surface area contributed by atoms with Crippen LogP contribution in [0.4, 0.5) is 0 Å². The number of aryl methyl sites for hydroxylation is 2. The van der Waals surface area contributed by atoms with Crippen molar-refractivity contribution < 1.29 is 14.3 Å². The molecule has 0 unspecified atom stereocenters. The summed E-state index contributed by atoms with van der Waals surface area (Å²) in [6.07, 6.45) is 0.0850. The molecule has 1 heterocycles. The molecule has 0 spiro atoms. The third-order valence-corrected chi connectivity index (χ3v) is 4.75. The number of hydrogen-bond donors (Lipinski definition) is 0. The van der Waals surface area contributed by atoms with Crippen molar-refractivity contribution >= 4 is 22.7 Å². The average molecular weight is 335 g/mol. The van der Waals surface area contributed by atoms with Crippen molar-refractivity contribution in [3.63, 3.8) is 0 Å². The van der Waals surface area contributed by atoms with Crippen molar-refractivity contribution in [1.82, 2.24) is 4.57 Å². The molecule has 0 aliphatic carbocycles. The number of nitrogens with zero attached hydrogens (tertiary/aromatic N) is 1. The summed E-state index contributed by atoms with van der Waals surface area (Å²) in [4.78, 5) is 24.0. The highest BCUT2D eigenvalue weighted by Gasteiger charge is 2.27. The zero-order valence-electron chi connectivity index (χ0n) is 14.7. The van der Waals surface area contributed by atoms with E-state index in [9.17, 15) is 9.59 Å². The Morgan fingerprint density at radius 1 is 1.04 bits per heavy atom. The van der Waals surface area contributed by atoms with E-state index in [4.69, 9.17) is 0 Å². The van der Waals surface area contributed by atoms with E-state index in [1.54, 1.807) is 0 Å². The number of fused-ring (bicyclic) bond motifs is 1. The molecule has 128 valence electrons. The quantitative estimate of drug-likeness (QED) is 0.527. The molecule has 0 N–H and O–H groups in total. The molecule has 0 fully saturated rings. The molecule has 25 heavy (non-hydrogen) atoms. The van der Waals surface area contributed by atoms with Gasteiger partial charge in [0.1, 0.15) is 0 Å². The average Bonchev–Trinajstić information content (AvgIpc) is 2.91. The first kappa shape index (κ1) is 17.0. The number of rotatable bonds is 5. The maximum atomic E-state index is 12.3. The van der Waals surface area contributed by atoms with Crippen LogP contribution in [0.15, 0.2) is 54.6 Å². The molecular formula is C21H21NO3. The van der Waals surface area contributed by atoms with Crippen LogP contribution in [-0.2, 0) is 21.4 Å². The lowest BCUT2D eigenvalue weighted by molar-refractivity contribution is -0.151. The summed E-state index contributed by atoms with van der Waals surface area (Å²) in [6, 6.07) is 18.0. The molecule has 0 radical (unpaired) electrons. The van der Waals surface area contributed by atoms with Crippen molar-refractivity contribution in [1.29, 1.82) is 0 Å². The Hall–Kier alpha value is -2.88. The van der Waals surface area contributed by atoms with Crippen LogP contribution in [0, 0.1) is 6.92 Å². The van der Waals surface area contributed by atoms with Gasteiger partial charge in [-0.3, -0.25) is 4.79 Å². The van der Waals surface area contributed by atoms with Gasteiger partial charge in [0.05, 0.1) is 7.11 Å². The summed E-state index contributed by atoms with van der Waals surface area (Å²) in [5.74, 6) is -1.51. The normalized spacial score (nSPS) is 12.1. The molecule has 0 amide bonds. The Morgan fingerprint density at radius 3 is 2.32 bits per heavy atom. The number of carbonyl (C=O) groups excluding carboxylic acids is 2. The molecule has 0 aliphatic rings. The van der Waals surface area contributed by atoms with Crippen LogP contribution in [0.25, 0.3) is 10.9 Å². The molecule has 4 heteroatoms. The van der Waals surface area contributed by atoms with Gasteiger partial charge < -0.3 is 9.30 Å². The van der Waals surface area contributed by atoms with Crippen molar-refractivity contribution in [3.8, 4) is 0 Å². The molecule has 0 aliphatic heterocycles. The van der Waals surface area contributed by atoms with Gasteiger partial charge in [-0.25, -0.2) is 4.79 Å². The number of aromatic nitrogens is 1. The molecule has 0 saturated carbocycles. The number of para-hydroxylation sites is 1. The monoisotopic (exact) mass is 335 g/mol. The highest BCUT2D eigenvalue weighted by atomic mass is 16.5. The first-order chi connectivity index (χ1) is 12.0. The van der Waals surface area contributed by atoms with Crippen LogP contribution >= 0.6 is 0 Å². The molecular weight excluding hydrogens is 314 g/mol. The number of carbonyl (C=O) groups is 2. The van der Waals surface area contributed by atoms with Crippen molar-refractivity contribution in [2.75, 3.05) is 7.11 Å². The number of ketones is 1. The second-order valence-electron chi connectivity index (χ2n) is 6.17. The smallest absolute Gasteiger partial charge is 0.374 e. The van der Waals surface area contributed by atoms with E-state index in [2.05, 4.69) is 28.4 Å². The van der Waals surface area contributed by atoms with Gasteiger partial charge in [0.15, 0.2) is 0 Å². The van der Waals surface area contributed by atoms with E-state index in [0.717, 1.165) is 27.7 Å². The van der Waals surface area contributed by atoms with Gasteiger partial charge in [-0.2, -0.15) is 0 Å². The van der Waals surface area contributed by atoms with Crippen molar-refractivity contribution in [2.45, 2.75) is 19.3 Å². The SMILES string of the molecule is COC(=O)C(=O)C[C@H](c1ccccc1)c1c(C)c2ccccc2n1C. The van der Waals surface area contributed by atoms with E-state index >= 15 is 0 Å². The number of hydrogen-bond acceptors (Lipinski definition) is 3. The van der Waals surface area contributed by atoms with Crippen LogP contribution in [0.3, 0.4) is 0 Å². The standard InChI is InChI=1S/C21H21NO3/c1-14-16-11-7-8-12-18(16)22(2)20(14)17(13-19(23)21(24)25-3)15-9-5-4-6-10-15/h4-12,17H,13H2,1-3H3/t17-/m1/s1. The third-order valence-electron chi connectivity index (χ3n) is 4.75. The topological polar surface area (TPSA) is 48.3 Å². The highest BCUT2D eigenvalue weighted by molar-refractivity contribution is 6.33. The van der Waals surface area contributed by atoms with Crippen molar-refractivity contribution in [2.24, 2.45) is 7.05 Å². The Bertz CT molecular complexity index is 886. The summed E-state index contributed by atoms with van der Waals surface area (Å²) in [5, 5.41) is 1.16. The zero-order valence-corrected chi connectivity index (χ0v) is 14.7. The second kappa shape index (κ2) is 6.93. The van der Waals surface area contributed by atoms with Gasteiger partial charge in [-0.05, 0) is 24.1 Å². The summed E-state index contributed by atoms with van der Waals surface area (Å²) in [6.45, 7) is 2.07. The Morgan fingerprint density at radius 2 is 1.68 bits per heavy atom. The Labute approximate surface area is 147 Å². The number of ether oxygens (including phenoxy) is 1. The first-order valence-corrected chi connectivity index (χ1v) is 8.24. The molecule has 1 atom stereocenters. The summed E-state index contributed by atoms with van der Waals surface area (Å²) < 4.78 is 6.73. The fraction of sp³-hybridized carbons (Fsp3) is 0.238. The maximum absolute atomic E-state index is 12.3. The third kappa shape index (κ3) is 3.07. The largest absolute Gasteiger partial charge is 0.463 e. The molecule has 3 rings (SSSR count). The minimum absolute atomic E-state index is 0.0850. The van der Waals surface area contributed by atoms with Crippen LogP contribution in [0.2, 0.25) is 0 Å². The van der Waals surface area contributed by atoms with Gasteiger partial charge in [-0.1, -0.05) is 48.5 Å². The summed E-state index contributed by atoms with van der Waals surface area (Å²) in [7, 11) is 3.24. The van der Waals surface area contributed by atoms with Crippen LogP contribution < -0.4 is 0 Å². The Balaban J connectivity index is 2.15. The van der Waals surface area contributed by atoms with Gasteiger partial charge in [0.25, 0.3) is 0 Å². The minimum atomic E-state index is -0.794. The van der Waals surface area contributed by atoms with Gasteiger partial charge >= 0.3 is 5.97 Å². The maximum Gasteiger partial charge on any atom is 0.374 e. The summed E-state index contributed by atoms with van der Waals surface area (Å²) in [5.41, 5.74) is 4.30. The molecule has 4 nitrogen and oxygen atoms in total. The fourth-order valence-electron chi connectivity index (χ4n) is 3.54. The van der Waals surface area contributed by atoms with Gasteiger partial charge in [0.2, 0.25) is 5.78 Å². The van der Waals surface area contributed by atoms with Gasteiger partial charge in [0, 0.05) is 36.0 Å². The second-order valence-corrected chi connectivity index (χ2v) is 6.17. The number of Topliss-reactive ketones (excluding diaryl/α,β-unsaturated/α-hetero) is 1. The predicted octanol–water partition coefficient (Wildman–Crippen LogP) is 3.75. The Kier molecular flexibility index (Phi) is 4.70. The lowest BCUT2D eigenvalue weighted by Crippen LogP contribution is -2.20. The molecule has 1 aromatic heterocycles. The number of benzene rings is 2. The molecule has 0 saturated heterocycles. The molecule has 3 aromatic rings. The zero-order chi connectivity index (χ0) is 18.0. The van der Waals surface area contributed by atoms with Crippen molar-refractivity contribution in [3.05, 3.63) is 71.4 Å². The number of methoxy groups -OCH3 is 1. The van der Waals surface area contributed by atoms with E-state index in [-0.39, 0.29) is 12.3 Å². The lowest BCUT2D eigenvalue weighted by atomic mass is 9.88. The molecule has 0 bridgehead atoms. The van der Waals surface area contributed by atoms with E-state index < -0.39 is 11.8 Å². The van der Waals surface area contributed by atoms with Crippen LogP contribution in [0.1, 0.15) is 29.2 Å². The van der Waals surface area contributed by atoms with Crippen LogP contribution in [-0.4, -0.2) is 23.4 Å². The summed E-state index contributed by atoms with van der Waals surface area (Å²) >= 11 is 0. The van der Waals surface area contributed by atoms with Gasteiger partial charge in [-0.15, -0.1) is 0 Å². The van der Waals surface area contributed by atoms with E-state index in [1.807, 2.05) is 49.5 Å². The van der Waals surface area contributed by atoms with E-state index in [1.165, 1.54) is 7.11 Å². The fourth-order valence-corrected chi connectivity index (χ4v) is 3.54. The number of esters is 1.